The van der Waals surface area contributed by atoms with Crippen LogP contribution in [0.5, 0.6) is 0 Å². The van der Waals surface area contributed by atoms with E-state index in [2.05, 4.69) is 5.32 Å². The average molecular weight is 227 g/mol. The highest BCUT2D eigenvalue weighted by atomic mass is 19.4. The summed E-state index contributed by atoms with van der Waals surface area (Å²) in [5.74, 6) is -1.36. The van der Waals surface area contributed by atoms with Gasteiger partial charge in [0.05, 0.1) is 0 Å². The number of carboxylic acids is 1. The molecule has 0 atom stereocenters. The smallest absolute Gasteiger partial charge is 0.417 e. The van der Waals surface area contributed by atoms with Crippen LogP contribution in [-0.4, -0.2) is 40.0 Å². The normalized spacial score (nSPS) is 36.1. The number of hydrogen-bond donors (Lipinski definition) is 3. The van der Waals surface area contributed by atoms with Crippen molar-refractivity contribution in [1.29, 1.82) is 0 Å². The Kier molecular flexibility index (Phi) is 2.73. The predicted molar refractivity (Wildman–Crippen MR) is 44.3 cm³/mol. The predicted octanol–water partition coefficient (Wildman–Crippen LogP) is 0.506. The number of aliphatic carboxylic acids is 1. The molecule has 0 spiro atoms. The lowest BCUT2D eigenvalue weighted by Crippen LogP contribution is -2.72. The van der Waals surface area contributed by atoms with E-state index in [0.29, 0.717) is 0 Å². The van der Waals surface area contributed by atoms with Crippen LogP contribution in [0, 0.1) is 0 Å². The third kappa shape index (κ3) is 1.81. The van der Waals surface area contributed by atoms with E-state index in [1.807, 2.05) is 0 Å². The number of aliphatic hydroxyl groups is 1. The number of nitrogens with one attached hydrogen (secondary N) is 1. The first-order valence-electron chi connectivity index (χ1n) is 4.44. The van der Waals surface area contributed by atoms with Crippen molar-refractivity contribution in [3.05, 3.63) is 0 Å². The highest BCUT2D eigenvalue weighted by Crippen LogP contribution is 2.50. The van der Waals surface area contributed by atoms with Gasteiger partial charge in [0.1, 0.15) is 5.54 Å². The van der Waals surface area contributed by atoms with Crippen molar-refractivity contribution >= 4 is 5.97 Å². The molecule has 4 nitrogen and oxygen atoms in total. The fraction of sp³-hybridized carbons (Fsp3) is 0.875. The summed E-state index contributed by atoms with van der Waals surface area (Å²) in [4.78, 5) is 10.8. The van der Waals surface area contributed by atoms with Crippen molar-refractivity contribution < 1.29 is 28.2 Å². The van der Waals surface area contributed by atoms with Gasteiger partial charge in [0.15, 0.2) is 5.60 Å². The second-order valence-electron chi connectivity index (χ2n) is 3.80. The van der Waals surface area contributed by atoms with E-state index in [-0.39, 0.29) is 6.54 Å². The second-order valence-corrected chi connectivity index (χ2v) is 3.80. The van der Waals surface area contributed by atoms with E-state index >= 15 is 0 Å². The minimum Gasteiger partial charge on any atom is -0.480 e. The molecule has 0 heterocycles. The SMILES string of the molecule is CCNC1(C(=O)O)CC(O)(C(F)(F)F)C1. The summed E-state index contributed by atoms with van der Waals surface area (Å²) in [6.45, 7) is 1.83. The average Bonchev–Trinajstić information content (AvgIpc) is 1.98. The van der Waals surface area contributed by atoms with E-state index in [9.17, 15) is 18.0 Å². The quantitative estimate of drug-likeness (QED) is 0.657. The van der Waals surface area contributed by atoms with E-state index in [0.717, 1.165) is 0 Å². The number of carboxylic acid groups (broad SMARTS) is 1. The molecule has 1 aliphatic rings. The molecule has 1 rings (SSSR count). The Morgan fingerprint density at radius 1 is 1.47 bits per heavy atom. The Morgan fingerprint density at radius 3 is 2.20 bits per heavy atom. The summed E-state index contributed by atoms with van der Waals surface area (Å²) in [5.41, 5.74) is -4.51. The van der Waals surface area contributed by atoms with E-state index < -0.39 is 36.1 Å². The second kappa shape index (κ2) is 3.34. The van der Waals surface area contributed by atoms with Gasteiger partial charge < -0.3 is 15.5 Å². The van der Waals surface area contributed by atoms with Gasteiger partial charge in [-0.15, -0.1) is 0 Å². The molecule has 1 fully saturated rings. The summed E-state index contributed by atoms with van der Waals surface area (Å²) in [5, 5.41) is 20.4. The van der Waals surface area contributed by atoms with Crippen molar-refractivity contribution in [3.8, 4) is 0 Å². The van der Waals surface area contributed by atoms with Crippen LogP contribution in [0.15, 0.2) is 0 Å². The lowest BCUT2D eigenvalue weighted by Gasteiger charge is -2.51. The van der Waals surface area contributed by atoms with Crippen LogP contribution in [0.25, 0.3) is 0 Å². The molecule has 0 aromatic carbocycles. The highest BCUT2D eigenvalue weighted by molar-refractivity contribution is 5.81. The first kappa shape index (κ1) is 12.3. The fourth-order valence-electron chi connectivity index (χ4n) is 1.84. The third-order valence-corrected chi connectivity index (χ3v) is 2.64. The molecule has 0 amide bonds. The zero-order chi connectivity index (χ0) is 11.9. The van der Waals surface area contributed by atoms with Gasteiger partial charge in [-0.2, -0.15) is 13.2 Å². The standard InChI is InChI=1S/C8H12F3NO3/c1-2-12-6(5(13)14)3-7(15,4-6)8(9,10)11/h12,15H,2-4H2,1H3,(H,13,14). The summed E-state index contributed by atoms with van der Waals surface area (Å²) >= 11 is 0. The van der Waals surface area contributed by atoms with Crippen LogP contribution < -0.4 is 5.32 Å². The van der Waals surface area contributed by atoms with Gasteiger partial charge in [0, 0.05) is 12.8 Å². The van der Waals surface area contributed by atoms with Crippen LogP contribution in [0.4, 0.5) is 13.2 Å². The van der Waals surface area contributed by atoms with Gasteiger partial charge in [-0.05, 0) is 6.54 Å². The van der Waals surface area contributed by atoms with Gasteiger partial charge in [0.25, 0.3) is 0 Å². The van der Waals surface area contributed by atoms with Crippen molar-refractivity contribution in [2.24, 2.45) is 0 Å². The van der Waals surface area contributed by atoms with Crippen LogP contribution in [0.1, 0.15) is 19.8 Å². The van der Waals surface area contributed by atoms with Crippen molar-refractivity contribution in [2.75, 3.05) is 6.54 Å². The van der Waals surface area contributed by atoms with Crippen LogP contribution in [0.3, 0.4) is 0 Å². The molecule has 1 aliphatic carbocycles. The maximum absolute atomic E-state index is 12.3. The molecule has 1 saturated carbocycles. The maximum atomic E-state index is 12.3. The molecule has 7 heteroatoms. The molecule has 15 heavy (non-hydrogen) atoms. The van der Waals surface area contributed by atoms with Gasteiger partial charge in [-0.25, -0.2) is 0 Å². The summed E-state index contributed by atoms with van der Waals surface area (Å²) in [6.07, 6.45) is -6.46. The Hall–Kier alpha value is -0.820. The van der Waals surface area contributed by atoms with Crippen molar-refractivity contribution in [3.63, 3.8) is 0 Å². The van der Waals surface area contributed by atoms with Crippen molar-refractivity contribution in [2.45, 2.75) is 37.1 Å². The van der Waals surface area contributed by atoms with Crippen LogP contribution in [0.2, 0.25) is 0 Å². The van der Waals surface area contributed by atoms with Gasteiger partial charge in [0.2, 0.25) is 0 Å². The number of halogens is 3. The zero-order valence-corrected chi connectivity index (χ0v) is 8.06. The monoisotopic (exact) mass is 227 g/mol. The summed E-state index contributed by atoms with van der Waals surface area (Å²) < 4.78 is 36.8. The van der Waals surface area contributed by atoms with E-state index in [4.69, 9.17) is 10.2 Å². The molecular weight excluding hydrogens is 215 g/mol. The lowest BCUT2D eigenvalue weighted by atomic mass is 9.64. The topological polar surface area (TPSA) is 69.6 Å². The highest BCUT2D eigenvalue weighted by Gasteiger charge is 2.69. The molecule has 0 bridgehead atoms. The number of hydrogen-bond acceptors (Lipinski definition) is 3. The molecule has 0 aromatic rings. The number of likely N-dealkylation sites (N-methyl/N-ethyl adjacent to an activating group) is 1. The Bertz CT molecular complexity index is 271. The van der Waals surface area contributed by atoms with Crippen molar-refractivity contribution in [1.82, 2.24) is 5.32 Å². The Labute approximate surface area is 84.1 Å². The van der Waals surface area contributed by atoms with Gasteiger partial charge in [-0.3, -0.25) is 4.79 Å². The van der Waals surface area contributed by atoms with Gasteiger partial charge >= 0.3 is 12.1 Å². The minimum absolute atomic E-state index is 0.236. The van der Waals surface area contributed by atoms with Crippen LogP contribution >= 0.6 is 0 Å². The molecule has 0 radical (unpaired) electrons. The summed E-state index contributed by atoms with van der Waals surface area (Å²) in [7, 11) is 0. The summed E-state index contributed by atoms with van der Waals surface area (Å²) in [6, 6.07) is 0. The minimum atomic E-state index is -4.78. The fourth-order valence-corrected chi connectivity index (χ4v) is 1.84. The molecule has 0 unspecified atom stereocenters. The molecule has 88 valence electrons. The maximum Gasteiger partial charge on any atom is 0.417 e. The van der Waals surface area contributed by atoms with E-state index in [1.54, 1.807) is 6.92 Å². The largest absolute Gasteiger partial charge is 0.480 e. The molecule has 3 N–H and O–H groups in total. The van der Waals surface area contributed by atoms with Crippen LogP contribution in [-0.2, 0) is 4.79 Å². The zero-order valence-electron chi connectivity index (χ0n) is 8.06. The molecular formula is C8H12F3NO3. The number of alkyl halides is 3. The van der Waals surface area contributed by atoms with E-state index in [1.165, 1.54) is 0 Å². The Balaban J connectivity index is 2.78. The molecule has 0 aromatic heterocycles. The number of carbonyl (C=O) groups is 1. The first-order valence-corrected chi connectivity index (χ1v) is 4.44. The number of rotatable bonds is 3. The molecule has 0 aliphatic heterocycles. The Morgan fingerprint density at radius 2 is 1.93 bits per heavy atom. The third-order valence-electron chi connectivity index (χ3n) is 2.64. The first-order chi connectivity index (χ1) is 6.67. The van der Waals surface area contributed by atoms with Gasteiger partial charge in [-0.1, -0.05) is 6.92 Å². The molecule has 0 saturated heterocycles. The lowest BCUT2D eigenvalue weighted by molar-refractivity contribution is -0.303.